The molecule has 0 unspecified atom stereocenters. The second-order valence-corrected chi connectivity index (χ2v) is 6.00. The van der Waals surface area contributed by atoms with Crippen molar-refractivity contribution in [2.24, 2.45) is 5.92 Å². The van der Waals surface area contributed by atoms with Crippen LogP contribution >= 0.6 is 0 Å². The number of rotatable bonds is 5. The van der Waals surface area contributed by atoms with E-state index in [1.165, 1.54) is 5.69 Å². The third-order valence-corrected chi connectivity index (χ3v) is 4.29. The lowest BCUT2D eigenvalue weighted by molar-refractivity contribution is 0.250. The molecule has 1 fully saturated rings. The second-order valence-electron chi connectivity index (χ2n) is 6.00. The van der Waals surface area contributed by atoms with Crippen LogP contribution in [-0.4, -0.2) is 32.8 Å². The van der Waals surface area contributed by atoms with E-state index in [0.717, 1.165) is 30.9 Å². The van der Waals surface area contributed by atoms with Crippen LogP contribution in [0.5, 0.6) is 5.75 Å². The standard InChI is InChI=1S/C19H23N3O2/c1-24-18-9-5-8-17(12-18)22-11-10-15(14-22)13-20-19(23)21-16-6-3-2-4-7-16/h2-9,12,15H,10-11,13-14H2,1H3,(H2,20,21,23)/t15-/m1/s1. The zero-order valence-corrected chi connectivity index (χ0v) is 13.9. The molecule has 1 heterocycles. The van der Waals surface area contributed by atoms with Gasteiger partial charge in [0.05, 0.1) is 7.11 Å². The summed E-state index contributed by atoms with van der Waals surface area (Å²) < 4.78 is 5.28. The quantitative estimate of drug-likeness (QED) is 0.886. The van der Waals surface area contributed by atoms with Gasteiger partial charge in [0, 0.05) is 37.1 Å². The molecule has 1 aliphatic rings. The molecule has 2 amide bonds. The van der Waals surface area contributed by atoms with Crippen LogP contribution in [0.25, 0.3) is 0 Å². The van der Waals surface area contributed by atoms with Gasteiger partial charge in [-0.05, 0) is 36.6 Å². The van der Waals surface area contributed by atoms with Gasteiger partial charge in [-0.25, -0.2) is 4.79 Å². The van der Waals surface area contributed by atoms with Gasteiger partial charge in [-0.1, -0.05) is 24.3 Å². The van der Waals surface area contributed by atoms with Gasteiger partial charge in [0.15, 0.2) is 0 Å². The summed E-state index contributed by atoms with van der Waals surface area (Å²) in [6.45, 7) is 2.62. The third kappa shape index (κ3) is 4.19. The molecule has 1 atom stereocenters. The van der Waals surface area contributed by atoms with Crippen molar-refractivity contribution >= 4 is 17.4 Å². The number of hydrogen-bond acceptors (Lipinski definition) is 3. The van der Waals surface area contributed by atoms with Crippen molar-refractivity contribution in [1.82, 2.24) is 5.32 Å². The van der Waals surface area contributed by atoms with Crippen molar-refractivity contribution in [1.29, 1.82) is 0 Å². The summed E-state index contributed by atoms with van der Waals surface area (Å²) in [4.78, 5) is 14.3. The number of benzene rings is 2. The van der Waals surface area contributed by atoms with Crippen LogP contribution in [-0.2, 0) is 0 Å². The minimum atomic E-state index is -0.152. The molecule has 126 valence electrons. The van der Waals surface area contributed by atoms with Gasteiger partial charge in [0.25, 0.3) is 0 Å². The van der Waals surface area contributed by atoms with Crippen LogP contribution in [0.3, 0.4) is 0 Å². The maximum Gasteiger partial charge on any atom is 0.319 e. The van der Waals surface area contributed by atoms with Gasteiger partial charge in [0.2, 0.25) is 0 Å². The number of methoxy groups -OCH3 is 1. The Morgan fingerprint density at radius 2 is 2.04 bits per heavy atom. The fourth-order valence-electron chi connectivity index (χ4n) is 2.97. The predicted octanol–water partition coefficient (Wildman–Crippen LogP) is 3.34. The van der Waals surface area contributed by atoms with Gasteiger partial charge < -0.3 is 20.3 Å². The number of ether oxygens (including phenoxy) is 1. The Morgan fingerprint density at radius 1 is 1.21 bits per heavy atom. The molecule has 0 spiro atoms. The number of nitrogens with one attached hydrogen (secondary N) is 2. The Morgan fingerprint density at radius 3 is 2.83 bits per heavy atom. The largest absolute Gasteiger partial charge is 0.497 e. The van der Waals surface area contributed by atoms with Crippen molar-refractivity contribution in [3.05, 3.63) is 54.6 Å². The monoisotopic (exact) mass is 325 g/mol. The Bertz CT molecular complexity index is 675. The fourth-order valence-corrected chi connectivity index (χ4v) is 2.97. The number of urea groups is 1. The molecule has 2 aromatic carbocycles. The van der Waals surface area contributed by atoms with Crippen LogP contribution < -0.4 is 20.3 Å². The van der Waals surface area contributed by atoms with Crippen LogP contribution in [0.15, 0.2) is 54.6 Å². The van der Waals surface area contributed by atoms with E-state index < -0.39 is 0 Å². The van der Waals surface area contributed by atoms with E-state index in [-0.39, 0.29) is 6.03 Å². The van der Waals surface area contributed by atoms with Gasteiger partial charge in [-0.2, -0.15) is 0 Å². The predicted molar refractivity (Wildman–Crippen MR) is 96.8 cm³/mol. The van der Waals surface area contributed by atoms with Crippen LogP contribution in [0.2, 0.25) is 0 Å². The molecule has 5 heteroatoms. The lowest BCUT2D eigenvalue weighted by Crippen LogP contribution is -2.34. The molecule has 3 rings (SSSR count). The SMILES string of the molecule is COc1cccc(N2CC[C@H](CNC(=O)Nc3ccccc3)C2)c1. The summed E-state index contributed by atoms with van der Waals surface area (Å²) in [6.07, 6.45) is 1.07. The van der Waals surface area contributed by atoms with Crippen molar-refractivity contribution in [2.45, 2.75) is 6.42 Å². The number of amides is 2. The summed E-state index contributed by atoms with van der Waals surface area (Å²) in [6, 6.07) is 17.4. The summed E-state index contributed by atoms with van der Waals surface area (Å²) in [7, 11) is 1.68. The van der Waals surface area contributed by atoms with E-state index in [1.54, 1.807) is 7.11 Å². The van der Waals surface area contributed by atoms with Crippen LogP contribution in [0.1, 0.15) is 6.42 Å². The molecule has 5 nitrogen and oxygen atoms in total. The first-order chi connectivity index (χ1) is 11.7. The maximum absolute atomic E-state index is 12.0. The lowest BCUT2D eigenvalue weighted by Gasteiger charge is -2.19. The molecule has 0 saturated carbocycles. The summed E-state index contributed by atoms with van der Waals surface area (Å²) in [5, 5.41) is 5.81. The molecule has 1 aliphatic heterocycles. The summed E-state index contributed by atoms with van der Waals surface area (Å²) >= 11 is 0. The summed E-state index contributed by atoms with van der Waals surface area (Å²) in [5.41, 5.74) is 1.98. The van der Waals surface area contributed by atoms with Crippen LogP contribution in [0, 0.1) is 5.92 Å². The molecule has 2 aromatic rings. The molecule has 24 heavy (non-hydrogen) atoms. The first kappa shape index (κ1) is 16.2. The number of para-hydroxylation sites is 1. The molecular weight excluding hydrogens is 302 g/mol. The van der Waals surface area contributed by atoms with E-state index in [2.05, 4.69) is 27.7 Å². The van der Waals surface area contributed by atoms with E-state index in [0.29, 0.717) is 12.5 Å². The Hall–Kier alpha value is -2.69. The zero-order chi connectivity index (χ0) is 16.8. The lowest BCUT2D eigenvalue weighted by atomic mass is 10.1. The first-order valence-electron chi connectivity index (χ1n) is 8.23. The number of carbonyl (C=O) groups is 1. The van der Waals surface area contributed by atoms with Gasteiger partial charge >= 0.3 is 6.03 Å². The van der Waals surface area contributed by atoms with Crippen molar-refractivity contribution in [3.8, 4) is 5.75 Å². The van der Waals surface area contributed by atoms with E-state index in [1.807, 2.05) is 42.5 Å². The highest BCUT2D eigenvalue weighted by Gasteiger charge is 2.23. The van der Waals surface area contributed by atoms with Crippen molar-refractivity contribution < 1.29 is 9.53 Å². The topological polar surface area (TPSA) is 53.6 Å². The van der Waals surface area contributed by atoms with E-state index in [4.69, 9.17) is 4.74 Å². The third-order valence-electron chi connectivity index (χ3n) is 4.29. The first-order valence-corrected chi connectivity index (χ1v) is 8.23. The van der Waals surface area contributed by atoms with Gasteiger partial charge in [0.1, 0.15) is 5.75 Å². The molecule has 0 aromatic heterocycles. The van der Waals surface area contributed by atoms with Gasteiger partial charge in [-0.15, -0.1) is 0 Å². The number of anilines is 2. The van der Waals surface area contributed by atoms with Crippen molar-refractivity contribution in [2.75, 3.05) is 37.0 Å². The molecule has 0 radical (unpaired) electrons. The second kappa shape index (κ2) is 7.73. The Labute approximate surface area is 142 Å². The average molecular weight is 325 g/mol. The van der Waals surface area contributed by atoms with Gasteiger partial charge in [-0.3, -0.25) is 0 Å². The summed E-state index contributed by atoms with van der Waals surface area (Å²) in [5.74, 6) is 1.33. The molecular formula is C19H23N3O2. The van der Waals surface area contributed by atoms with Crippen LogP contribution in [0.4, 0.5) is 16.2 Å². The number of hydrogen-bond donors (Lipinski definition) is 2. The molecule has 2 N–H and O–H groups in total. The smallest absolute Gasteiger partial charge is 0.319 e. The number of nitrogens with zero attached hydrogens (tertiary/aromatic N) is 1. The normalized spacial score (nSPS) is 16.7. The molecule has 0 bridgehead atoms. The minimum Gasteiger partial charge on any atom is -0.497 e. The number of carbonyl (C=O) groups excluding carboxylic acids is 1. The van der Waals surface area contributed by atoms with E-state index >= 15 is 0 Å². The minimum absolute atomic E-state index is 0.152. The van der Waals surface area contributed by atoms with Crippen molar-refractivity contribution in [3.63, 3.8) is 0 Å². The highest BCUT2D eigenvalue weighted by Crippen LogP contribution is 2.26. The fraction of sp³-hybridized carbons (Fsp3) is 0.316. The Balaban J connectivity index is 1.47. The Kier molecular flexibility index (Phi) is 5.21. The highest BCUT2D eigenvalue weighted by molar-refractivity contribution is 5.89. The maximum atomic E-state index is 12.0. The zero-order valence-electron chi connectivity index (χ0n) is 13.9. The highest BCUT2D eigenvalue weighted by atomic mass is 16.5. The molecule has 0 aliphatic carbocycles. The molecule has 1 saturated heterocycles. The van der Waals surface area contributed by atoms with E-state index in [9.17, 15) is 4.79 Å². The average Bonchev–Trinajstić information content (AvgIpc) is 3.10.